The van der Waals surface area contributed by atoms with Crippen LogP contribution in [0.15, 0.2) is 41.8 Å². The third-order valence-electron chi connectivity index (χ3n) is 3.22. The second-order valence-corrected chi connectivity index (χ2v) is 6.09. The lowest BCUT2D eigenvalue weighted by Crippen LogP contribution is -2.24. The molecule has 0 amide bonds. The van der Waals surface area contributed by atoms with E-state index in [0.29, 0.717) is 0 Å². The molecule has 19 heavy (non-hydrogen) atoms. The Morgan fingerprint density at radius 1 is 1.21 bits per heavy atom. The van der Waals surface area contributed by atoms with Crippen molar-refractivity contribution in [1.29, 1.82) is 0 Å². The highest BCUT2D eigenvalue weighted by Crippen LogP contribution is 2.21. The first kappa shape index (κ1) is 14.1. The maximum Gasteiger partial charge on any atom is 0.0396 e. The fraction of sp³-hybridized carbons (Fsp3) is 0.375. The van der Waals surface area contributed by atoms with E-state index in [1.54, 1.807) is 0 Å². The van der Waals surface area contributed by atoms with Gasteiger partial charge < -0.3 is 10.6 Å². The summed E-state index contributed by atoms with van der Waals surface area (Å²) in [5.41, 5.74) is 8.57. The number of anilines is 1. The summed E-state index contributed by atoms with van der Waals surface area (Å²) in [4.78, 5) is 3.77. The summed E-state index contributed by atoms with van der Waals surface area (Å²) in [6, 6.07) is 13.1. The molecule has 1 heterocycles. The highest BCUT2D eigenvalue weighted by atomic mass is 32.1. The zero-order valence-electron chi connectivity index (χ0n) is 11.7. The average Bonchev–Trinajstić information content (AvgIpc) is 2.89. The van der Waals surface area contributed by atoms with Crippen LogP contribution >= 0.6 is 11.3 Å². The summed E-state index contributed by atoms with van der Waals surface area (Å²) in [6.45, 7) is 3.10. The molecule has 1 unspecified atom stereocenters. The number of benzene rings is 1. The van der Waals surface area contributed by atoms with Gasteiger partial charge in [-0.25, -0.2) is 0 Å². The molecule has 2 nitrogen and oxygen atoms in total. The number of para-hydroxylation sites is 1. The summed E-state index contributed by atoms with van der Waals surface area (Å²) in [5, 5.41) is 2.14. The van der Waals surface area contributed by atoms with Crippen LogP contribution in [0.4, 0.5) is 5.69 Å². The van der Waals surface area contributed by atoms with Crippen molar-refractivity contribution in [3.8, 4) is 0 Å². The fourth-order valence-electron chi connectivity index (χ4n) is 2.26. The Bertz CT molecular complexity index is 491. The molecule has 0 aliphatic rings. The van der Waals surface area contributed by atoms with E-state index < -0.39 is 0 Å². The minimum Gasteiger partial charge on any atom is -0.374 e. The van der Waals surface area contributed by atoms with Crippen molar-refractivity contribution >= 4 is 17.0 Å². The first-order valence-electron chi connectivity index (χ1n) is 6.74. The molecule has 1 atom stereocenters. The van der Waals surface area contributed by atoms with Gasteiger partial charge in [0.05, 0.1) is 0 Å². The van der Waals surface area contributed by atoms with Gasteiger partial charge in [-0.3, -0.25) is 0 Å². The molecule has 0 bridgehead atoms. The molecule has 2 N–H and O–H groups in total. The minimum atomic E-state index is 0.201. The first-order valence-corrected chi connectivity index (χ1v) is 7.62. The topological polar surface area (TPSA) is 29.3 Å². The molecule has 0 saturated carbocycles. The van der Waals surface area contributed by atoms with Crippen LogP contribution < -0.4 is 10.6 Å². The zero-order chi connectivity index (χ0) is 13.7. The molecule has 102 valence electrons. The number of nitrogens with two attached hydrogens (primary N) is 1. The summed E-state index contributed by atoms with van der Waals surface area (Å²) >= 11 is 1.83. The van der Waals surface area contributed by atoms with Gasteiger partial charge in [-0.1, -0.05) is 24.3 Å². The molecule has 0 spiro atoms. The smallest absolute Gasteiger partial charge is 0.0396 e. The van der Waals surface area contributed by atoms with E-state index in [1.807, 2.05) is 11.3 Å². The quantitative estimate of drug-likeness (QED) is 0.875. The highest BCUT2D eigenvalue weighted by molar-refractivity contribution is 7.09. The lowest BCUT2D eigenvalue weighted by molar-refractivity contribution is 0.734. The van der Waals surface area contributed by atoms with E-state index in [1.165, 1.54) is 16.1 Å². The molecule has 2 rings (SSSR count). The van der Waals surface area contributed by atoms with Crippen LogP contribution in [0.25, 0.3) is 0 Å². The standard InChI is InChI=1S/C16H22N2S/c1-13(17)12-14-6-3-4-8-16(14)18(2)10-9-15-7-5-11-19-15/h3-8,11,13H,9-10,12,17H2,1-2H3. The van der Waals surface area contributed by atoms with E-state index >= 15 is 0 Å². The summed E-state index contributed by atoms with van der Waals surface area (Å²) in [7, 11) is 2.16. The van der Waals surface area contributed by atoms with Crippen molar-refractivity contribution in [3.63, 3.8) is 0 Å². The minimum absolute atomic E-state index is 0.201. The first-order chi connectivity index (χ1) is 9.16. The van der Waals surface area contributed by atoms with E-state index in [2.05, 4.69) is 60.6 Å². The number of likely N-dealkylation sites (N-methyl/N-ethyl adjacent to an activating group) is 1. The number of nitrogens with zero attached hydrogens (tertiary/aromatic N) is 1. The Kier molecular flexibility index (Phi) is 5.00. The van der Waals surface area contributed by atoms with E-state index in [4.69, 9.17) is 5.73 Å². The predicted molar refractivity (Wildman–Crippen MR) is 85.1 cm³/mol. The molecular weight excluding hydrogens is 252 g/mol. The Balaban J connectivity index is 2.03. The van der Waals surface area contributed by atoms with Gasteiger partial charge in [-0.05, 0) is 42.8 Å². The summed E-state index contributed by atoms with van der Waals surface area (Å²) in [6.07, 6.45) is 2.03. The van der Waals surface area contributed by atoms with E-state index in [0.717, 1.165) is 19.4 Å². The van der Waals surface area contributed by atoms with E-state index in [9.17, 15) is 0 Å². The highest BCUT2D eigenvalue weighted by Gasteiger charge is 2.08. The number of rotatable bonds is 6. The van der Waals surface area contributed by atoms with Crippen LogP contribution in [0.2, 0.25) is 0 Å². The van der Waals surface area contributed by atoms with Gasteiger partial charge >= 0.3 is 0 Å². The van der Waals surface area contributed by atoms with Crippen LogP contribution in [-0.2, 0) is 12.8 Å². The largest absolute Gasteiger partial charge is 0.374 e. The molecule has 0 fully saturated rings. The van der Waals surface area contributed by atoms with Gasteiger partial charge in [0.15, 0.2) is 0 Å². The van der Waals surface area contributed by atoms with Crippen LogP contribution in [0.3, 0.4) is 0 Å². The molecule has 2 aromatic rings. The Morgan fingerprint density at radius 3 is 2.68 bits per heavy atom. The normalized spacial score (nSPS) is 12.4. The van der Waals surface area contributed by atoms with Crippen LogP contribution in [0.5, 0.6) is 0 Å². The monoisotopic (exact) mass is 274 g/mol. The SMILES string of the molecule is CC(N)Cc1ccccc1N(C)CCc1cccs1. The Labute approximate surface area is 119 Å². The number of hydrogen-bond donors (Lipinski definition) is 1. The zero-order valence-corrected chi connectivity index (χ0v) is 12.5. The molecular formula is C16H22N2S. The van der Waals surface area contributed by atoms with Gasteiger partial charge in [0.25, 0.3) is 0 Å². The molecule has 1 aromatic heterocycles. The molecule has 0 saturated heterocycles. The maximum absolute atomic E-state index is 5.93. The van der Waals surface area contributed by atoms with Gasteiger partial charge in [-0.15, -0.1) is 11.3 Å². The summed E-state index contributed by atoms with van der Waals surface area (Å²) < 4.78 is 0. The molecule has 3 heteroatoms. The van der Waals surface area contributed by atoms with Crippen LogP contribution in [-0.4, -0.2) is 19.6 Å². The average molecular weight is 274 g/mol. The molecule has 0 aliphatic heterocycles. The van der Waals surface area contributed by atoms with Gasteiger partial charge in [-0.2, -0.15) is 0 Å². The third kappa shape index (κ3) is 4.08. The van der Waals surface area contributed by atoms with Crippen LogP contribution in [0.1, 0.15) is 17.4 Å². The fourth-order valence-corrected chi connectivity index (χ4v) is 2.95. The Morgan fingerprint density at radius 2 is 2.00 bits per heavy atom. The summed E-state index contributed by atoms with van der Waals surface area (Å²) in [5.74, 6) is 0. The van der Waals surface area contributed by atoms with Crippen molar-refractivity contribution in [2.75, 3.05) is 18.5 Å². The number of thiophene rings is 1. The maximum atomic E-state index is 5.93. The van der Waals surface area contributed by atoms with E-state index in [-0.39, 0.29) is 6.04 Å². The van der Waals surface area contributed by atoms with Gasteiger partial charge in [0.1, 0.15) is 0 Å². The second-order valence-electron chi connectivity index (χ2n) is 5.06. The lowest BCUT2D eigenvalue weighted by atomic mass is 10.0. The van der Waals surface area contributed by atoms with Gasteiger partial charge in [0, 0.05) is 30.2 Å². The third-order valence-corrected chi connectivity index (χ3v) is 4.15. The van der Waals surface area contributed by atoms with Crippen molar-refractivity contribution in [1.82, 2.24) is 0 Å². The van der Waals surface area contributed by atoms with Crippen molar-refractivity contribution in [2.45, 2.75) is 25.8 Å². The second kappa shape index (κ2) is 6.73. The van der Waals surface area contributed by atoms with Crippen molar-refractivity contribution in [2.24, 2.45) is 5.73 Å². The number of hydrogen-bond acceptors (Lipinski definition) is 3. The predicted octanol–water partition coefficient (Wildman–Crippen LogP) is 3.32. The van der Waals surface area contributed by atoms with Crippen LogP contribution in [0, 0.1) is 0 Å². The molecule has 1 aromatic carbocycles. The van der Waals surface area contributed by atoms with Crippen molar-refractivity contribution in [3.05, 3.63) is 52.2 Å². The van der Waals surface area contributed by atoms with Crippen molar-refractivity contribution < 1.29 is 0 Å². The molecule has 0 radical (unpaired) electrons. The molecule has 0 aliphatic carbocycles. The Hall–Kier alpha value is -1.32. The lowest BCUT2D eigenvalue weighted by Gasteiger charge is -2.23. The van der Waals surface area contributed by atoms with Gasteiger partial charge in [0.2, 0.25) is 0 Å².